The third kappa shape index (κ3) is 4.94. The van der Waals surface area contributed by atoms with E-state index in [1.165, 1.54) is 16.3 Å². The highest BCUT2D eigenvalue weighted by molar-refractivity contribution is 6.14. The Balaban J connectivity index is 1.03. The molecule has 6 nitrogen and oxygen atoms in total. The lowest BCUT2D eigenvalue weighted by Crippen LogP contribution is -2.00. The molecule has 0 atom stereocenters. The van der Waals surface area contributed by atoms with Crippen molar-refractivity contribution in [1.29, 1.82) is 0 Å². The van der Waals surface area contributed by atoms with Gasteiger partial charge >= 0.3 is 0 Å². The topological polar surface area (TPSA) is 69.9 Å². The monoisotopic (exact) mass is 730 g/mol. The third-order valence-corrected chi connectivity index (χ3v) is 11.1. The Bertz CT molecular complexity index is 3530. The number of benzene rings is 8. The maximum absolute atomic E-state index is 6.64. The molecule has 6 heteroatoms. The number of fused-ring (bicyclic) bond motifs is 9. The van der Waals surface area contributed by atoms with Crippen molar-refractivity contribution in [3.63, 3.8) is 0 Å². The number of furan rings is 2. The second kappa shape index (κ2) is 12.3. The molecule has 4 heterocycles. The van der Waals surface area contributed by atoms with Gasteiger partial charge in [-0.25, -0.2) is 15.0 Å². The zero-order valence-electron chi connectivity index (χ0n) is 30.4. The summed E-state index contributed by atoms with van der Waals surface area (Å²) >= 11 is 0. The van der Waals surface area contributed by atoms with Crippen molar-refractivity contribution in [3.8, 4) is 51.0 Å². The van der Waals surface area contributed by atoms with Crippen LogP contribution < -0.4 is 0 Å². The molecule has 8 aromatic carbocycles. The van der Waals surface area contributed by atoms with Gasteiger partial charge in [-0.1, -0.05) is 127 Å². The molecule has 266 valence electrons. The Kier molecular flexibility index (Phi) is 6.83. The van der Waals surface area contributed by atoms with E-state index in [0.717, 1.165) is 82.9 Å². The van der Waals surface area contributed by atoms with Crippen LogP contribution in [0.2, 0.25) is 0 Å². The predicted octanol–water partition coefficient (Wildman–Crippen LogP) is 13.4. The first kappa shape index (κ1) is 31.5. The Morgan fingerprint density at radius 3 is 1.60 bits per heavy atom. The summed E-state index contributed by atoms with van der Waals surface area (Å²) < 4.78 is 15.2. The van der Waals surface area contributed by atoms with Crippen LogP contribution >= 0.6 is 0 Å². The molecule has 0 N–H and O–H groups in total. The van der Waals surface area contributed by atoms with Crippen molar-refractivity contribution in [3.05, 3.63) is 182 Å². The van der Waals surface area contributed by atoms with E-state index < -0.39 is 0 Å². The van der Waals surface area contributed by atoms with Gasteiger partial charge in [0.2, 0.25) is 0 Å². The summed E-state index contributed by atoms with van der Waals surface area (Å²) in [6.07, 6.45) is 0. The summed E-state index contributed by atoms with van der Waals surface area (Å²) in [7, 11) is 0. The second-order valence-corrected chi connectivity index (χ2v) is 14.4. The van der Waals surface area contributed by atoms with Gasteiger partial charge in [0, 0.05) is 54.7 Å². The van der Waals surface area contributed by atoms with Gasteiger partial charge in [-0.15, -0.1) is 0 Å². The highest BCUT2D eigenvalue weighted by atomic mass is 16.3. The van der Waals surface area contributed by atoms with E-state index in [0.29, 0.717) is 17.5 Å². The van der Waals surface area contributed by atoms with Crippen LogP contribution in [0, 0.1) is 0 Å². The van der Waals surface area contributed by atoms with Crippen LogP contribution in [0.4, 0.5) is 0 Å². The number of aromatic nitrogens is 4. The molecule has 0 fully saturated rings. The number of hydrogen-bond donors (Lipinski definition) is 0. The number of para-hydroxylation sites is 3. The molecular weight excluding hydrogens is 701 g/mol. The summed E-state index contributed by atoms with van der Waals surface area (Å²) in [5, 5.41) is 6.40. The molecular formula is C51H30N4O2. The van der Waals surface area contributed by atoms with Crippen molar-refractivity contribution in [2.45, 2.75) is 0 Å². The highest BCUT2D eigenvalue weighted by Gasteiger charge is 2.21. The predicted molar refractivity (Wildman–Crippen MR) is 230 cm³/mol. The average Bonchev–Trinajstić information content (AvgIpc) is 3.96. The van der Waals surface area contributed by atoms with Gasteiger partial charge in [0.25, 0.3) is 0 Å². The Labute approximate surface area is 325 Å². The summed E-state index contributed by atoms with van der Waals surface area (Å²) in [4.78, 5) is 15.4. The molecule has 0 spiro atoms. The molecule has 0 radical (unpaired) electrons. The molecule has 0 aliphatic heterocycles. The molecule has 0 aliphatic rings. The highest BCUT2D eigenvalue weighted by Crippen LogP contribution is 2.41. The molecule has 0 unspecified atom stereocenters. The van der Waals surface area contributed by atoms with E-state index in [2.05, 4.69) is 114 Å². The zero-order chi connectivity index (χ0) is 37.5. The van der Waals surface area contributed by atoms with Crippen LogP contribution in [0.15, 0.2) is 191 Å². The molecule has 0 saturated carbocycles. The molecule has 57 heavy (non-hydrogen) atoms. The Hall–Kier alpha value is -7.83. The van der Waals surface area contributed by atoms with Gasteiger partial charge < -0.3 is 13.4 Å². The maximum atomic E-state index is 6.64. The SMILES string of the molecule is c1ccc(-c2nc(-c3cccc4oc5ccccc5c34)nc(-c3cccc4oc5cc(-c6ccc7c8ccccc8n(-c8ccccc8)c7c6)ccc5c34)n2)cc1. The number of rotatable bonds is 5. The van der Waals surface area contributed by atoms with Crippen LogP contribution in [0.25, 0.3) is 117 Å². The number of nitrogens with zero attached hydrogens (tertiary/aromatic N) is 4. The van der Waals surface area contributed by atoms with Crippen molar-refractivity contribution in [1.82, 2.24) is 19.5 Å². The minimum Gasteiger partial charge on any atom is -0.456 e. The minimum atomic E-state index is 0.570. The van der Waals surface area contributed by atoms with Crippen LogP contribution in [-0.4, -0.2) is 19.5 Å². The summed E-state index contributed by atoms with van der Waals surface area (Å²) in [6.45, 7) is 0. The van der Waals surface area contributed by atoms with Crippen molar-refractivity contribution in [2.24, 2.45) is 0 Å². The van der Waals surface area contributed by atoms with Gasteiger partial charge in [-0.2, -0.15) is 0 Å². The number of hydrogen-bond acceptors (Lipinski definition) is 5. The van der Waals surface area contributed by atoms with Crippen LogP contribution in [-0.2, 0) is 0 Å². The van der Waals surface area contributed by atoms with E-state index in [1.54, 1.807) is 0 Å². The van der Waals surface area contributed by atoms with Gasteiger partial charge in [0.15, 0.2) is 17.5 Å². The van der Waals surface area contributed by atoms with Crippen molar-refractivity contribution in [2.75, 3.05) is 0 Å². The lowest BCUT2D eigenvalue weighted by Gasteiger charge is -2.10. The Morgan fingerprint density at radius 1 is 0.333 bits per heavy atom. The smallest absolute Gasteiger partial charge is 0.164 e. The molecule has 12 rings (SSSR count). The molecule has 0 amide bonds. The van der Waals surface area contributed by atoms with Gasteiger partial charge in [-0.05, 0) is 65.7 Å². The molecule has 0 aliphatic carbocycles. The summed E-state index contributed by atoms with van der Waals surface area (Å²) in [5.41, 5.74) is 11.5. The average molecular weight is 731 g/mol. The van der Waals surface area contributed by atoms with Gasteiger partial charge in [-0.3, -0.25) is 0 Å². The summed E-state index contributed by atoms with van der Waals surface area (Å²) in [5.74, 6) is 1.74. The third-order valence-electron chi connectivity index (χ3n) is 11.1. The molecule has 0 bridgehead atoms. The van der Waals surface area contributed by atoms with Gasteiger partial charge in [0.1, 0.15) is 22.3 Å². The first-order valence-electron chi connectivity index (χ1n) is 19.0. The van der Waals surface area contributed by atoms with Crippen LogP contribution in [0.3, 0.4) is 0 Å². The van der Waals surface area contributed by atoms with E-state index in [-0.39, 0.29) is 0 Å². The van der Waals surface area contributed by atoms with E-state index >= 15 is 0 Å². The molecule has 0 saturated heterocycles. The quantitative estimate of drug-likeness (QED) is 0.176. The van der Waals surface area contributed by atoms with Crippen LogP contribution in [0.5, 0.6) is 0 Å². The fourth-order valence-electron chi connectivity index (χ4n) is 8.49. The van der Waals surface area contributed by atoms with Crippen molar-refractivity contribution >= 4 is 65.7 Å². The second-order valence-electron chi connectivity index (χ2n) is 14.4. The fourth-order valence-corrected chi connectivity index (χ4v) is 8.49. The largest absolute Gasteiger partial charge is 0.456 e. The van der Waals surface area contributed by atoms with Crippen molar-refractivity contribution < 1.29 is 8.83 Å². The fraction of sp³-hybridized carbons (Fsp3) is 0. The minimum absolute atomic E-state index is 0.570. The van der Waals surface area contributed by atoms with E-state index in [4.69, 9.17) is 23.8 Å². The van der Waals surface area contributed by atoms with Gasteiger partial charge in [0.05, 0.1) is 11.0 Å². The lowest BCUT2D eigenvalue weighted by atomic mass is 10.00. The lowest BCUT2D eigenvalue weighted by molar-refractivity contribution is 0.668. The first-order chi connectivity index (χ1) is 28.2. The maximum Gasteiger partial charge on any atom is 0.164 e. The molecule has 4 aromatic heterocycles. The Morgan fingerprint density at radius 2 is 0.860 bits per heavy atom. The summed E-state index contributed by atoms with van der Waals surface area (Å²) in [6, 6.07) is 62.7. The zero-order valence-corrected chi connectivity index (χ0v) is 30.4. The normalized spacial score (nSPS) is 11.9. The first-order valence-corrected chi connectivity index (χ1v) is 19.0. The molecule has 12 aromatic rings. The standard InChI is InChI=1S/C51H30N4O2/c1-3-13-31(14-4-1)49-52-50(39-19-11-23-44-47(39)37-18-8-10-22-43(37)56-44)54-51(53-49)40-20-12-24-45-48(40)38-28-26-33(30-46(38)57-45)32-25-27-36-35-17-7-9-21-41(35)55(42(36)29-32)34-15-5-2-6-16-34/h1-30H. The van der Waals surface area contributed by atoms with Crippen LogP contribution in [0.1, 0.15) is 0 Å². The van der Waals surface area contributed by atoms with E-state index in [1.807, 2.05) is 72.8 Å². The van der Waals surface area contributed by atoms with E-state index in [9.17, 15) is 0 Å².